The van der Waals surface area contributed by atoms with E-state index < -0.39 is 0 Å². The van der Waals surface area contributed by atoms with Gasteiger partial charge in [-0.25, -0.2) is 0 Å². The number of nitrogens with zero attached hydrogens (tertiary/aromatic N) is 2. The Hall–Kier alpha value is -1.22. The number of halogens is 1. The van der Waals surface area contributed by atoms with Gasteiger partial charge in [0.1, 0.15) is 0 Å². The molecular formula is C16H22ClN3. The maximum atomic E-state index is 6.02. The van der Waals surface area contributed by atoms with Crippen molar-refractivity contribution in [1.82, 2.24) is 10.2 Å². The molecule has 1 saturated heterocycles. The lowest BCUT2D eigenvalue weighted by molar-refractivity contribution is 0.151. The predicted octanol–water partition coefficient (Wildman–Crippen LogP) is 3.29. The van der Waals surface area contributed by atoms with Gasteiger partial charge >= 0.3 is 0 Å². The highest BCUT2D eigenvalue weighted by Crippen LogP contribution is 2.47. The molecular weight excluding hydrogens is 270 g/mol. The number of hydrogen-bond donors (Lipinski definition) is 1. The highest BCUT2D eigenvalue weighted by atomic mass is 35.5. The lowest BCUT2D eigenvalue weighted by Crippen LogP contribution is -2.42. The SMILES string of the molecule is CN=C(NCc1cccc(Cl)c1)N1CCC2(CCC2)C1. The second kappa shape index (κ2) is 5.65. The Balaban J connectivity index is 1.58. The van der Waals surface area contributed by atoms with E-state index in [1.165, 1.54) is 37.8 Å². The quantitative estimate of drug-likeness (QED) is 0.669. The molecule has 1 heterocycles. The van der Waals surface area contributed by atoms with E-state index in [1.54, 1.807) is 0 Å². The molecule has 0 unspecified atom stereocenters. The fourth-order valence-corrected chi connectivity index (χ4v) is 3.57. The molecule has 1 N–H and O–H groups in total. The summed E-state index contributed by atoms with van der Waals surface area (Å²) in [5.74, 6) is 1.02. The molecule has 1 spiro atoms. The van der Waals surface area contributed by atoms with E-state index in [2.05, 4.69) is 21.3 Å². The van der Waals surface area contributed by atoms with Gasteiger partial charge in [-0.15, -0.1) is 0 Å². The number of benzene rings is 1. The monoisotopic (exact) mass is 291 g/mol. The van der Waals surface area contributed by atoms with Crippen molar-refractivity contribution >= 4 is 17.6 Å². The Labute approximate surface area is 126 Å². The number of hydrogen-bond acceptors (Lipinski definition) is 1. The zero-order valence-electron chi connectivity index (χ0n) is 12.0. The summed E-state index contributed by atoms with van der Waals surface area (Å²) in [6, 6.07) is 7.98. The van der Waals surface area contributed by atoms with Gasteiger partial charge < -0.3 is 10.2 Å². The van der Waals surface area contributed by atoms with E-state index in [4.69, 9.17) is 11.6 Å². The summed E-state index contributed by atoms with van der Waals surface area (Å²) < 4.78 is 0. The average Bonchev–Trinajstić information content (AvgIpc) is 2.85. The molecule has 0 aromatic heterocycles. The maximum absolute atomic E-state index is 6.02. The molecule has 0 amide bonds. The van der Waals surface area contributed by atoms with Crippen LogP contribution in [0.15, 0.2) is 29.3 Å². The Morgan fingerprint density at radius 2 is 2.25 bits per heavy atom. The second-order valence-electron chi connectivity index (χ2n) is 6.06. The molecule has 0 radical (unpaired) electrons. The van der Waals surface area contributed by atoms with Crippen molar-refractivity contribution < 1.29 is 0 Å². The highest BCUT2D eigenvalue weighted by Gasteiger charge is 2.43. The number of guanidine groups is 1. The second-order valence-corrected chi connectivity index (χ2v) is 6.49. The van der Waals surface area contributed by atoms with E-state index in [0.717, 1.165) is 24.1 Å². The van der Waals surface area contributed by atoms with Gasteiger partial charge in [0.2, 0.25) is 0 Å². The molecule has 0 atom stereocenters. The van der Waals surface area contributed by atoms with Gasteiger partial charge in [0.15, 0.2) is 5.96 Å². The number of likely N-dealkylation sites (tertiary alicyclic amines) is 1. The summed E-state index contributed by atoms with van der Waals surface area (Å²) in [6.45, 7) is 3.08. The molecule has 4 heteroatoms. The molecule has 1 aliphatic heterocycles. The molecule has 2 aliphatic rings. The van der Waals surface area contributed by atoms with Gasteiger partial charge in [0.25, 0.3) is 0 Å². The molecule has 1 saturated carbocycles. The van der Waals surface area contributed by atoms with Crippen molar-refractivity contribution in [3.63, 3.8) is 0 Å². The van der Waals surface area contributed by atoms with Gasteiger partial charge in [0, 0.05) is 31.7 Å². The third-order valence-electron chi connectivity index (χ3n) is 4.70. The van der Waals surface area contributed by atoms with Crippen LogP contribution in [0.1, 0.15) is 31.2 Å². The van der Waals surface area contributed by atoms with Gasteiger partial charge in [0.05, 0.1) is 0 Å². The van der Waals surface area contributed by atoms with Gasteiger partial charge in [-0.05, 0) is 42.4 Å². The van der Waals surface area contributed by atoms with Crippen LogP contribution in [-0.2, 0) is 6.54 Å². The predicted molar refractivity (Wildman–Crippen MR) is 84.1 cm³/mol. The first-order chi connectivity index (χ1) is 9.71. The molecule has 3 rings (SSSR count). The summed E-state index contributed by atoms with van der Waals surface area (Å²) in [4.78, 5) is 6.84. The fourth-order valence-electron chi connectivity index (χ4n) is 3.36. The topological polar surface area (TPSA) is 27.6 Å². The molecule has 20 heavy (non-hydrogen) atoms. The molecule has 2 fully saturated rings. The summed E-state index contributed by atoms with van der Waals surface area (Å²) in [7, 11) is 1.87. The summed E-state index contributed by atoms with van der Waals surface area (Å²) >= 11 is 6.02. The van der Waals surface area contributed by atoms with E-state index in [9.17, 15) is 0 Å². The van der Waals surface area contributed by atoms with Crippen LogP contribution < -0.4 is 5.32 Å². The Bertz CT molecular complexity index is 508. The zero-order chi connectivity index (χ0) is 14.0. The molecule has 1 aliphatic carbocycles. The molecule has 0 bridgehead atoms. The third kappa shape index (κ3) is 2.78. The van der Waals surface area contributed by atoms with Crippen molar-refractivity contribution in [1.29, 1.82) is 0 Å². The largest absolute Gasteiger partial charge is 0.352 e. The van der Waals surface area contributed by atoms with Crippen LogP contribution in [0.5, 0.6) is 0 Å². The van der Waals surface area contributed by atoms with Crippen LogP contribution in [-0.4, -0.2) is 31.0 Å². The van der Waals surface area contributed by atoms with E-state index >= 15 is 0 Å². The molecule has 1 aromatic rings. The van der Waals surface area contributed by atoms with Crippen LogP contribution in [0.25, 0.3) is 0 Å². The number of aliphatic imine (C=N–C) groups is 1. The summed E-state index contributed by atoms with van der Waals surface area (Å²) in [5, 5.41) is 4.24. The minimum absolute atomic E-state index is 0.605. The van der Waals surface area contributed by atoms with Gasteiger partial charge in [-0.1, -0.05) is 30.2 Å². The Kier molecular flexibility index (Phi) is 3.88. The van der Waals surface area contributed by atoms with E-state index in [1.807, 2.05) is 25.2 Å². The maximum Gasteiger partial charge on any atom is 0.193 e. The minimum atomic E-state index is 0.605. The Morgan fingerprint density at radius 1 is 1.40 bits per heavy atom. The van der Waals surface area contributed by atoms with Crippen LogP contribution >= 0.6 is 11.6 Å². The molecule has 3 nitrogen and oxygen atoms in total. The van der Waals surface area contributed by atoms with Crippen LogP contribution in [0.3, 0.4) is 0 Å². The zero-order valence-corrected chi connectivity index (χ0v) is 12.8. The van der Waals surface area contributed by atoms with Crippen molar-refractivity contribution in [2.45, 2.75) is 32.2 Å². The molecule has 108 valence electrons. The normalized spacial score (nSPS) is 21.1. The van der Waals surface area contributed by atoms with Crippen molar-refractivity contribution in [3.05, 3.63) is 34.9 Å². The Morgan fingerprint density at radius 3 is 2.85 bits per heavy atom. The van der Waals surface area contributed by atoms with Crippen molar-refractivity contribution in [2.24, 2.45) is 10.4 Å². The van der Waals surface area contributed by atoms with Crippen LogP contribution in [0, 0.1) is 5.41 Å². The first kappa shape index (κ1) is 13.7. The lowest BCUT2D eigenvalue weighted by Gasteiger charge is -2.38. The first-order valence-corrected chi connectivity index (χ1v) is 7.79. The van der Waals surface area contributed by atoms with Crippen LogP contribution in [0.2, 0.25) is 5.02 Å². The standard InChI is InChI=1S/C16H22ClN3/c1-18-15(19-11-13-4-2-5-14(17)10-13)20-9-8-16(12-20)6-3-7-16/h2,4-5,10H,3,6-9,11-12H2,1H3,(H,18,19). The van der Waals surface area contributed by atoms with Crippen molar-refractivity contribution in [2.75, 3.05) is 20.1 Å². The summed E-state index contributed by atoms with van der Waals surface area (Å²) in [5.41, 5.74) is 1.80. The smallest absolute Gasteiger partial charge is 0.193 e. The van der Waals surface area contributed by atoms with Gasteiger partial charge in [-0.3, -0.25) is 4.99 Å². The molecule has 1 aromatic carbocycles. The van der Waals surface area contributed by atoms with E-state index in [-0.39, 0.29) is 0 Å². The minimum Gasteiger partial charge on any atom is -0.352 e. The summed E-state index contributed by atoms with van der Waals surface area (Å²) in [6.07, 6.45) is 5.52. The van der Waals surface area contributed by atoms with Gasteiger partial charge in [-0.2, -0.15) is 0 Å². The fraction of sp³-hybridized carbons (Fsp3) is 0.562. The average molecular weight is 292 g/mol. The van der Waals surface area contributed by atoms with Crippen LogP contribution in [0.4, 0.5) is 0 Å². The van der Waals surface area contributed by atoms with Crippen molar-refractivity contribution in [3.8, 4) is 0 Å². The third-order valence-corrected chi connectivity index (χ3v) is 4.94. The highest BCUT2D eigenvalue weighted by molar-refractivity contribution is 6.30. The first-order valence-electron chi connectivity index (χ1n) is 7.41. The number of rotatable bonds is 2. The lowest BCUT2D eigenvalue weighted by atomic mass is 9.68. The number of nitrogens with one attached hydrogen (secondary N) is 1. The van der Waals surface area contributed by atoms with E-state index in [0.29, 0.717) is 5.41 Å².